The molecule has 2 bridgehead atoms. The first-order chi connectivity index (χ1) is 10.3. The van der Waals surface area contributed by atoms with Gasteiger partial charge < -0.3 is 19.5 Å². The molecule has 5 nitrogen and oxygen atoms in total. The van der Waals surface area contributed by atoms with Gasteiger partial charge in [0, 0.05) is 50.8 Å². The van der Waals surface area contributed by atoms with E-state index in [4.69, 9.17) is 4.74 Å². The second-order valence-electron chi connectivity index (χ2n) is 6.51. The zero-order valence-electron chi connectivity index (χ0n) is 13.3. The fraction of sp³-hybridized carbons (Fsp3) is 0.812. The van der Waals surface area contributed by atoms with Crippen molar-refractivity contribution in [2.45, 2.75) is 63.2 Å². The van der Waals surface area contributed by atoms with Crippen LogP contribution in [0, 0.1) is 0 Å². The first-order valence-electron chi connectivity index (χ1n) is 8.26. The molecule has 2 saturated heterocycles. The van der Waals surface area contributed by atoms with Crippen molar-refractivity contribution in [3.05, 3.63) is 12.4 Å². The Morgan fingerprint density at radius 2 is 2.10 bits per heavy atom. The molecule has 0 aliphatic carbocycles. The third-order valence-electron chi connectivity index (χ3n) is 5.14. The minimum absolute atomic E-state index is 0.570. The Morgan fingerprint density at radius 1 is 1.33 bits per heavy atom. The van der Waals surface area contributed by atoms with E-state index in [1.165, 1.54) is 32.1 Å². The van der Waals surface area contributed by atoms with Crippen LogP contribution < -0.4 is 5.32 Å². The Morgan fingerprint density at radius 3 is 2.81 bits per heavy atom. The van der Waals surface area contributed by atoms with E-state index in [1.54, 1.807) is 7.11 Å². The number of hydrogen-bond acceptors (Lipinski definition) is 4. The molecule has 0 amide bonds. The fourth-order valence-electron chi connectivity index (χ4n) is 3.93. The summed E-state index contributed by atoms with van der Waals surface area (Å²) in [5, 5.41) is 3.69. The molecule has 0 spiro atoms. The van der Waals surface area contributed by atoms with Crippen LogP contribution in [0.4, 0.5) is 5.95 Å². The van der Waals surface area contributed by atoms with Gasteiger partial charge in [-0.25, -0.2) is 4.98 Å². The Bertz CT molecular complexity index is 433. The molecule has 3 rings (SSSR count). The molecule has 0 saturated carbocycles. The lowest BCUT2D eigenvalue weighted by atomic mass is 9.82. The highest BCUT2D eigenvalue weighted by molar-refractivity contribution is 5.28. The number of imidazole rings is 1. The van der Waals surface area contributed by atoms with Gasteiger partial charge in [0.15, 0.2) is 0 Å². The second-order valence-corrected chi connectivity index (χ2v) is 6.51. The molecule has 2 atom stereocenters. The van der Waals surface area contributed by atoms with Crippen molar-refractivity contribution in [2.24, 2.45) is 0 Å². The average Bonchev–Trinajstić information content (AvgIpc) is 2.88. The number of ether oxygens (including phenoxy) is 1. The first kappa shape index (κ1) is 14.9. The summed E-state index contributed by atoms with van der Waals surface area (Å²) in [6, 6.07) is 2.08. The lowest BCUT2D eigenvalue weighted by molar-refractivity contribution is 0.0606. The summed E-state index contributed by atoms with van der Waals surface area (Å²) in [5.41, 5.74) is 0. The second kappa shape index (κ2) is 6.79. The van der Waals surface area contributed by atoms with E-state index < -0.39 is 0 Å². The third-order valence-corrected chi connectivity index (χ3v) is 5.14. The summed E-state index contributed by atoms with van der Waals surface area (Å²) in [7, 11) is 4.06. The van der Waals surface area contributed by atoms with Crippen LogP contribution in [0.15, 0.2) is 12.4 Å². The van der Waals surface area contributed by atoms with Crippen LogP contribution in [0.2, 0.25) is 0 Å². The minimum atomic E-state index is 0.570. The van der Waals surface area contributed by atoms with E-state index in [0.29, 0.717) is 6.04 Å². The van der Waals surface area contributed by atoms with Gasteiger partial charge in [-0.05, 0) is 39.2 Å². The van der Waals surface area contributed by atoms with E-state index in [1.807, 2.05) is 6.20 Å². The predicted octanol–water partition coefficient (Wildman–Crippen LogP) is 2.35. The molecule has 1 N–H and O–H groups in total. The summed E-state index contributed by atoms with van der Waals surface area (Å²) >= 11 is 0. The molecule has 2 aliphatic rings. The minimum Gasteiger partial charge on any atom is -0.385 e. The number of nitrogens with zero attached hydrogens (tertiary/aromatic N) is 3. The van der Waals surface area contributed by atoms with E-state index in [-0.39, 0.29) is 0 Å². The third kappa shape index (κ3) is 3.40. The van der Waals surface area contributed by atoms with Crippen molar-refractivity contribution in [3.63, 3.8) is 0 Å². The zero-order chi connectivity index (χ0) is 14.7. The Hall–Kier alpha value is -1.07. The maximum Gasteiger partial charge on any atom is 0.202 e. The standard InChI is InChI=1S/C16H28N4O/c1-19-14-5-3-6-15(19)12-13(11-14)18-16-17-7-9-20(16)8-4-10-21-2/h7,9,13-15H,3-6,8,10-12H2,1-2H3,(H,17,18). The monoisotopic (exact) mass is 292 g/mol. The van der Waals surface area contributed by atoms with Gasteiger partial charge in [0.1, 0.15) is 0 Å². The molecule has 3 heterocycles. The van der Waals surface area contributed by atoms with Gasteiger partial charge >= 0.3 is 0 Å². The predicted molar refractivity (Wildman–Crippen MR) is 84.6 cm³/mol. The van der Waals surface area contributed by atoms with Gasteiger partial charge in [-0.3, -0.25) is 0 Å². The number of rotatable bonds is 6. The van der Waals surface area contributed by atoms with Gasteiger partial charge in [-0.1, -0.05) is 6.42 Å². The van der Waals surface area contributed by atoms with E-state index >= 15 is 0 Å². The molecule has 1 aromatic rings. The fourth-order valence-corrected chi connectivity index (χ4v) is 3.93. The highest BCUT2D eigenvalue weighted by Crippen LogP contribution is 2.33. The number of anilines is 1. The molecule has 5 heteroatoms. The van der Waals surface area contributed by atoms with Crippen LogP contribution in [0.1, 0.15) is 38.5 Å². The number of methoxy groups -OCH3 is 1. The number of aromatic nitrogens is 2. The van der Waals surface area contributed by atoms with Crippen LogP contribution in [-0.4, -0.2) is 53.3 Å². The lowest BCUT2D eigenvalue weighted by Crippen LogP contribution is -2.53. The zero-order valence-corrected chi connectivity index (χ0v) is 13.3. The number of aryl methyl sites for hydroxylation is 1. The Kier molecular flexibility index (Phi) is 4.80. The Labute approximate surface area is 127 Å². The number of nitrogens with one attached hydrogen (secondary N) is 1. The quantitative estimate of drug-likeness (QED) is 0.817. The van der Waals surface area contributed by atoms with Crippen LogP contribution in [0.25, 0.3) is 0 Å². The summed E-state index contributed by atoms with van der Waals surface area (Å²) in [4.78, 5) is 7.10. The van der Waals surface area contributed by atoms with Crippen LogP contribution in [0.5, 0.6) is 0 Å². The molecule has 118 valence electrons. The lowest BCUT2D eigenvalue weighted by Gasteiger charge is -2.47. The van der Waals surface area contributed by atoms with Crippen molar-refractivity contribution in [1.82, 2.24) is 14.5 Å². The highest BCUT2D eigenvalue weighted by atomic mass is 16.5. The van der Waals surface area contributed by atoms with E-state index in [0.717, 1.165) is 37.6 Å². The van der Waals surface area contributed by atoms with Gasteiger partial charge in [0.05, 0.1) is 0 Å². The van der Waals surface area contributed by atoms with Gasteiger partial charge in [-0.15, -0.1) is 0 Å². The summed E-state index contributed by atoms with van der Waals surface area (Å²) in [6.45, 7) is 1.77. The topological polar surface area (TPSA) is 42.3 Å². The van der Waals surface area contributed by atoms with Crippen molar-refractivity contribution < 1.29 is 4.74 Å². The molecule has 21 heavy (non-hydrogen) atoms. The summed E-state index contributed by atoms with van der Waals surface area (Å²) in [6.07, 6.45) is 11.6. The summed E-state index contributed by atoms with van der Waals surface area (Å²) in [5.74, 6) is 1.03. The number of fused-ring (bicyclic) bond motifs is 2. The molecule has 2 aliphatic heterocycles. The molecule has 1 aromatic heterocycles. The van der Waals surface area contributed by atoms with Crippen LogP contribution in [0.3, 0.4) is 0 Å². The molecule has 0 radical (unpaired) electrons. The van der Waals surface area contributed by atoms with Crippen molar-refractivity contribution in [2.75, 3.05) is 26.1 Å². The van der Waals surface area contributed by atoms with Crippen LogP contribution >= 0.6 is 0 Å². The van der Waals surface area contributed by atoms with Gasteiger partial charge in [0.2, 0.25) is 5.95 Å². The average molecular weight is 292 g/mol. The van der Waals surface area contributed by atoms with Gasteiger partial charge in [-0.2, -0.15) is 0 Å². The van der Waals surface area contributed by atoms with Crippen LogP contribution in [-0.2, 0) is 11.3 Å². The van der Waals surface area contributed by atoms with Gasteiger partial charge in [0.25, 0.3) is 0 Å². The smallest absolute Gasteiger partial charge is 0.202 e. The molecule has 2 fully saturated rings. The number of hydrogen-bond donors (Lipinski definition) is 1. The summed E-state index contributed by atoms with van der Waals surface area (Å²) < 4.78 is 7.35. The van der Waals surface area contributed by atoms with E-state index in [2.05, 4.69) is 33.0 Å². The normalized spacial score (nSPS) is 29.5. The maximum atomic E-state index is 5.13. The maximum absolute atomic E-state index is 5.13. The Balaban J connectivity index is 1.58. The molecular weight excluding hydrogens is 264 g/mol. The largest absolute Gasteiger partial charge is 0.385 e. The molecule has 0 aromatic carbocycles. The van der Waals surface area contributed by atoms with E-state index in [9.17, 15) is 0 Å². The molecular formula is C16H28N4O. The highest BCUT2D eigenvalue weighted by Gasteiger charge is 2.36. The SMILES string of the molecule is COCCCn1ccnc1NC1CC2CCCC(C1)N2C. The van der Waals surface area contributed by atoms with Crippen molar-refractivity contribution in [3.8, 4) is 0 Å². The first-order valence-corrected chi connectivity index (χ1v) is 8.26. The molecule has 2 unspecified atom stereocenters. The van der Waals surface area contributed by atoms with Crippen molar-refractivity contribution >= 4 is 5.95 Å². The number of piperidine rings is 2. The van der Waals surface area contributed by atoms with Crippen molar-refractivity contribution in [1.29, 1.82) is 0 Å².